The fourth-order valence-electron chi connectivity index (χ4n) is 2.75. The second kappa shape index (κ2) is 6.18. The van der Waals surface area contributed by atoms with Crippen LogP contribution in [-0.4, -0.2) is 37.0 Å². The molecule has 0 aliphatic rings. The molecular weight excluding hydrogens is 340 g/mol. The average Bonchev–Trinajstić information content (AvgIpc) is 3.17. The molecule has 3 aromatic heterocycles. The maximum Gasteiger partial charge on any atom is 0.255 e. The molecule has 0 saturated heterocycles. The van der Waals surface area contributed by atoms with E-state index in [2.05, 4.69) is 25.5 Å². The normalized spacial score (nSPS) is 11.3. The third kappa shape index (κ3) is 2.94. The number of amides is 1. The fourth-order valence-corrected chi connectivity index (χ4v) is 2.92. The molecule has 1 aromatic carbocycles. The largest absolute Gasteiger partial charge is 0.351 e. The van der Waals surface area contributed by atoms with E-state index in [1.54, 1.807) is 22.6 Å². The van der Waals surface area contributed by atoms with Crippen molar-refractivity contribution in [3.8, 4) is 0 Å². The Morgan fingerprint density at radius 3 is 3.08 bits per heavy atom. The zero-order valence-corrected chi connectivity index (χ0v) is 14.2. The lowest BCUT2D eigenvalue weighted by atomic mass is 10.2. The standard InChI is InChI=1S/C17H15ClN6O/c1-10-22-23-16-12(3-2-8-24(10)16)17(25)19-7-6-15-20-13-5-4-11(18)9-14(13)21-15/h2-5,8-9H,6-7H2,1H3,(H,19,25)(H,20,21). The van der Waals surface area contributed by atoms with E-state index < -0.39 is 0 Å². The van der Waals surface area contributed by atoms with Gasteiger partial charge in [-0.1, -0.05) is 11.6 Å². The summed E-state index contributed by atoms with van der Waals surface area (Å²) in [6.45, 7) is 2.30. The molecule has 8 heteroatoms. The molecule has 0 aliphatic heterocycles. The zero-order valence-electron chi connectivity index (χ0n) is 13.5. The van der Waals surface area contributed by atoms with E-state index in [0.717, 1.165) is 22.7 Å². The van der Waals surface area contributed by atoms with Crippen molar-refractivity contribution in [3.63, 3.8) is 0 Å². The monoisotopic (exact) mass is 354 g/mol. The van der Waals surface area contributed by atoms with Crippen LogP contribution in [0, 0.1) is 6.92 Å². The third-order valence-electron chi connectivity index (χ3n) is 3.99. The molecule has 2 N–H and O–H groups in total. The molecule has 126 valence electrons. The van der Waals surface area contributed by atoms with Gasteiger partial charge in [0, 0.05) is 24.2 Å². The van der Waals surface area contributed by atoms with E-state index in [-0.39, 0.29) is 5.91 Å². The Labute approximate surface area is 148 Å². The maximum absolute atomic E-state index is 12.4. The summed E-state index contributed by atoms with van der Waals surface area (Å²) in [6.07, 6.45) is 2.42. The molecule has 0 spiro atoms. The Morgan fingerprint density at radius 2 is 2.20 bits per heavy atom. The number of halogens is 1. The van der Waals surface area contributed by atoms with Gasteiger partial charge in [-0.15, -0.1) is 10.2 Å². The lowest BCUT2D eigenvalue weighted by Gasteiger charge is -2.05. The first kappa shape index (κ1) is 15.6. The van der Waals surface area contributed by atoms with Crippen molar-refractivity contribution >= 4 is 34.2 Å². The van der Waals surface area contributed by atoms with Gasteiger partial charge < -0.3 is 10.3 Å². The smallest absolute Gasteiger partial charge is 0.255 e. The van der Waals surface area contributed by atoms with Crippen molar-refractivity contribution in [1.29, 1.82) is 0 Å². The van der Waals surface area contributed by atoms with E-state index in [9.17, 15) is 4.79 Å². The minimum absolute atomic E-state index is 0.183. The summed E-state index contributed by atoms with van der Waals surface area (Å²) in [4.78, 5) is 20.1. The number of carbonyl (C=O) groups excluding carboxylic acids is 1. The molecule has 0 radical (unpaired) electrons. The molecule has 4 aromatic rings. The first-order chi connectivity index (χ1) is 12.1. The van der Waals surface area contributed by atoms with Crippen molar-refractivity contribution in [3.05, 3.63) is 58.8 Å². The number of aromatic amines is 1. The SMILES string of the molecule is Cc1nnc2c(C(=O)NCCc3nc4ccc(Cl)cc4[nH]3)cccn12. The number of rotatable bonds is 4. The summed E-state index contributed by atoms with van der Waals surface area (Å²) in [5, 5.41) is 11.6. The van der Waals surface area contributed by atoms with Crippen molar-refractivity contribution in [2.24, 2.45) is 0 Å². The van der Waals surface area contributed by atoms with E-state index in [1.165, 1.54) is 0 Å². The molecule has 3 heterocycles. The van der Waals surface area contributed by atoms with Gasteiger partial charge in [-0.25, -0.2) is 4.98 Å². The van der Waals surface area contributed by atoms with Gasteiger partial charge >= 0.3 is 0 Å². The average molecular weight is 355 g/mol. The van der Waals surface area contributed by atoms with E-state index >= 15 is 0 Å². The summed E-state index contributed by atoms with van der Waals surface area (Å²) in [6, 6.07) is 9.05. The highest BCUT2D eigenvalue weighted by molar-refractivity contribution is 6.31. The van der Waals surface area contributed by atoms with E-state index in [0.29, 0.717) is 29.2 Å². The van der Waals surface area contributed by atoms with Crippen LogP contribution < -0.4 is 5.32 Å². The summed E-state index contributed by atoms with van der Waals surface area (Å²) in [5.74, 6) is 1.36. The number of H-pyrrole nitrogens is 1. The zero-order chi connectivity index (χ0) is 17.4. The predicted molar refractivity (Wildman–Crippen MR) is 94.9 cm³/mol. The van der Waals surface area contributed by atoms with Crippen molar-refractivity contribution < 1.29 is 4.79 Å². The molecular formula is C17H15ClN6O. The number of benzene rings is 1. The molecule has 1 amide bonds. The Balaban J connectivity index is 1.46. The number of nitrogens with zero attached hydrogens (tertiary/aromatic N) is 4. The van der Waals surface area contributed by atoms with Gasteiger partial charge in [-0.3, -0.25) is 9.20 Å². The van der Waals surface area contributed by atoms with E-state index in [4.69, 9.17) is 11.6 Å². The molecule has 0 atom stereocenters. The number of imidazole rings is 1. The van der Waals surface area contributed by atoms with Crippen LogP contribution in [0.3, 0.4) is 0 Å². The first-order valence-corrected chi connectivity index (χ1v) is 8.22. The van der Waals surface area contributed by atoms with Crippen LogP contribution >= 0.6 is 11.6 Å². The highest BCUT2D eigenvalue weighted by atomic mass is 35.5. The van der Waals surface area contributed by atoms with Gasteiger partial charge in [0.15, 0.2) is 5.65 Å². The lowest BCUT2D eigenvalue weighted by Crippen LogP contribution is -2.26. The number of aryl methyl sites for hydroxylation is 1. The van der Waals surface area contributed by atoms with Crippen molar-refractivity contribution in [1.82, 2.24) is 29.9 Å². The number of hydrogen-bond acceptors (Lipinski definition) is 4. The number of aromatic nitrogens is 5. The Kier molecular flexibility index (Phi) is 3.85. The summed E-state index contributed by atoms with van der Waals surface area (Å²) < 4.78 is 1.79. The first-order valence-electron chi connectivity index (χ1n) is 7.84. The summed E-state index contributed by atoms with van der Waals surface area (Å²) in [5.41, 5.74) is 2.79. The van der Waals surface area contributed by atoms with Crippen LogP contribution in [0.1, 0.15) is 22.0 Å². The van der Waals surface area contributed by atoms with Crippen LogP contribution in [0.15, 0.2) is 36.5 Å². The van der Waals surface area contributed by atoms with Crippen LogP contribution in [-0.2, 0) is 6.42 Å². The molecule has 7 nitrogen and oxygen atoms in total. The predicted octanol–water partition coefficient (Wildman–Crippen LogP) is 2.54. The molecule has 0 saturated carbocycles. The second-order valence-corrected chi connectivity index (χ2v) is 6.15. The van der Waals surface area contributed by atoms with Crippen LogP contribution in [0.4, 0.5) is 0 Å². The van der Waals surface area contributed by atoms with Gasteiger partial charge in [0.1, 0.15) is 11.6 Å². The Morgan fingerprint density at radius 1 is 1.32 bits per heavy atom. The van der Waals surface area contributed by atoms with Gasteiger partial charge in [0.2, 0.25) is 0 Å². The third-order valence-corrected chi connectivity index (χ3v) is 4.23. The highest BCUT2D eigenvalue weighted by Crippen LogP contribution is 2.17. The number of nitrogens with one attached hydrogen (secondary N) is 2. The van der Waals surface area contributed by atoms with Gasteiger partial charge in [0.05, 0.1) is 16.6 Å². The van der Waals surface area contributed by atoms with Crippen LogP contribution in [0.5, 0.6) is 0 Å². The van der Waals surface area contributed by atoms with Gasteiger partial charge in [0.25, 0.3) is 5.91 Å². The van der Waals surface area contributed by atoms with Crippen LogP contribution in [0.2, 0.25) is 5.02 Å². The minimum atomic E-state index is -0.183. The summed E-state index contributed by atoms with van der Waals surface area (Å²) >= 11 is 5.97. The molecule has 4 rings (SSSR count). The Hall–Kier alpha value is -2.93. The quantitative estimate of drug-likeness (QED) is 0.589. The fraction of sp³-hybridized carbons (Fsp3) is 0.176. The van der Waals surface area contributed by atoms with Crippen molar-refractivity contribution in [2.45, 2.75) is 13.3 Å². The highest BCUT2D eigenvalue weighted by Gasteiger charge is 2.13. The van der Waals surface area contributed by atoms with Crippen molar-refractivity contribution in [2.75, 3.05) is 6.54 Å². The molecule has 25 heavy (non-hydrogen) atoms. The Bertz CT molecular complexity index is 1080. The maximum atomic E-state index is 12.4. The topological polar surface area (TPSA) is 88.0 Å². The molecule has 0 bridgehead atoms. The number of carbonyl (C=O) groups is 1. The number of fused-ring (bicyclic) bond motifs is 2. The molecule has 0 fully saturated rings. The lowest BCUT2D eigenvalue weighted by molar-refractivity contribution is 0.0955. The minimum Gasteiger partial charge on any atom is -0.351 e. The number of pyridine rings is 1. The molecule has 0 aliphatic carbocycles. The van der Waals surface area contributed by atoms with Crippen LogP contribution in [0.25, 0.3) is 16.7 Å². The molecule has 0 unspecified atom stereocenters. The number of hydrogen-bond donors (Lipinski definition) is 2. The van der Waals surface area contributed by atoms with Gasteiger partial charge in [-0.2, -0.15) is 0 Å². The second-order valence-electron chi connectivity index (χ2n) is 5.71. The summed E-state index contributed by atoms with van der Waals surface area (Å²) in [7, 11) is 0. The van der Waals surface area contributed by atoms with Gasteiger partial charge in [-0.05, 0) is 37.3 Å². The van der Waals surface area contributed by atoms with E-state index in [1.807, 2.05) is 25.3 Å².